The second-order valence-electron chi connectivity index (χ2n) is 6.36. The minimum absolute atomic E-state index is 0.146. The molecule has 0 radical (unpaired) electrons. The molecule has 0 aliphatic carbocycles. The molecule has 0 N–H and O–H groups in total. The largest absolute Gasteiger partial charge is 0.433 e. The van der Waals surface area contributed by atoms with Crippen LogP contribution in [-0.4, -0.2) is 71.4 Å². The van der Waals surface area contributed by atoms with Gasteiger partial charge in [-0.1, -0.05) is 0 Å². The highest BCUT2D eigenvalue weighted by molar-refractivity contribution is 5.81. The number of piperidine rings is 1. The fourth-order valence-corrected chi connectivity index (χ4v) is 3.32. The standard InChI is InChI=1S/C15H21F3N4O2/c1-20-7-8-24-12(10-20)14(23)21-6-2-3-11(9-21)22-13(4-5-19-22)15(16,17)18/h4-5,11-12H,2-3,6-10H2,1H3/t11-,12-/m0/s1. The summed E-state index contributed by atoms with van der Waals surface area (Å²) in [4.78, 5) is 16.2. The SMILES string of the molecule is CN1CCO[C@H](C(=O)N2CCC[C@H](n3nccc3C(F)(F)F)C2)C1. The molecule has 2 saturated heterocycles. The van der Waals surface area contributed by atoms with E-state index in [-0.39, 0.29) is 12.5 Å². The highest BCUT2D eigenvalue weighted by atomic mass is 19.4. The normalized spacial score (nSPS) is 26.6. The molecule has 2 fully saturated rings. The van der Waals surface area contributed by atoms with Crippen LogP contribution in [0.2, 0.25) is 0 Å². The maximum absolute atomic E-state index is 13.1. The maximum Gasteiger partial charge on any atom is 0.433 e. The summed E-state index contributed by atoms with van der Waals surface area (Å²) in [5.74, 6) is -0.146. The number of morpholine rings is 1. The predicted octanol–water partition coefficient (Wildman–Crippen LogP) is 1.40. The number of aromatic nitrogens is 2. The Kier molecular flexibility index (Phi) is 4.82. The van der Waals surface area contributed by atoms with Crippen LogP contribution in [0.4, 0.5) is 13.2 Å². The number of rotatable bonds is 2. The Hall–Kier alpha value is -1.61. The topological polar surface area (TPSA) is 50.6 Å². The summed E-state index contributed by atoms with van der Waals surface area (Å²) in [5, 5.41) is 3.84. The molecule has 6 nitrogen and oxygen atoms in total. The first-order chi connectivity index (χ1) is 11.4. The number of nitrogens with zero attached hydrogens (tertiary/aromatic N) is 4. The first-order valence-electron chi connectivity index (χ1n) is 8.06. The second-order valence-corrected chi connectivity index (χ2v) is 6.36. The fraction of sp³-hybridized carbons (Fsp3) is 0.733. The first-order valence-corrected chi connectivity index (χ1v) is 8.06. The summed E-state index contributed by atoms with van der Waals surface area (Å²) in [6.07, 6.45) is -2.61. The van der Waals surface area contributed by atoms with E-state index in [0.717, 1.165) is 23.5 Å². The van der Waals surface area contributed by atoms with E-state index in [9.17, 15) is 18.0 Å². The summed E-state index contributed by atoms with van der Waals surface area (Å²) < 4.78 is 45.7. The number of likely N-dealkylation sites (N-methyl/N-ethyl adjacent to an activating group) is 1. The van der Waals surface area contributed by atoms with Gasteiger partial charge in [0.2, 0.25) is 0 Å². The molecule has 2 atom stereocenters. The lowest BCUT2D eigenvalue weighted by Crippen LogP contribution is -2.52. The van der Waals surface area contributed by atoms with Gasteiger partial charge in [-0.15, -0.1) is 0 Å². The number of likely N-dealkylation sites (tertiary alicyclic amines) is 1. The number of hydrogen-bond acceptors (Lipinski definition) is 4. The number of amides is 1. The molecule has 1 aromatic heterocycles. The molecule has 24 heavy (non-hydrogen) atoms. The molecule has 2 aliphatic rings. The smallest absolute Gasteiger partial charge is 0.366 e. The van der Waals surface area contributed by atoms with Crippen molar-refractivity contribution in [1.82, 2.24) is 19.6 Å². The first kappa shape index (κ1) is 17.2. The van der Waals surface area contributed by atoms with Crippen LogP contribution in [0.15, 0.2) is 12.3 Å². The summed E-state index contributed by atoms with van der Waals surface area (Å²) in [7, 11) is 1.92. The van der Waals surface area contributed by atoms with Gasteiger partial charge in [0.15, 0.2) is 0 Å². The van der Waals surface area contributed by atoms with Crippen molar-refractivity contribution in [2.24, 2.45) is 0 Å². The molecule has 3 rings (SSSR count). The van der Waals surface area contributed by atoms with E-state index in [1.807, 2.05) is 11.9 Å². The zero-order chi connectivity index (χ0) is 17.3. The van der Waals surface area contributed by atoms with E-state index in [1.54, 1.807) is 4.90 Å². The Morgan fingerprint density at radius 3 is 2.83 bits per heavy atom. The average molecular weight is 346 g/mol. The van der Waals surface area contributed by atoms with Gasteiger partial charge in [0.25, 0.3) is 5.91 Å². The van der Waals surface area contributed by atoms with Gasteiger partial charge in [-0.05, 0) is 26.0 Å². The molecule has 0 saturated carbocycles. The second kappa shape index (κ2) is 6.72. The minimum atomic E-state index is -4.45. The Bertz CT molecular complexity index is 590. The lowest BCUT2D eigenvalue weighted by molar-refractivity contribution is -0.151. The van der Waals surface area contributed by atoms with E-state index in [0.29, 0.717) is 32.5 Å². The van der Waals surface area contributed by atoms with Gasteiger partial charge in [-0.3, -0.25) is 9.48 Å². The molecule has 9 heteroatoms. The Labute approximate surface area is 138 Å². The van der Waals surface area contributed by atoms with Crippen LogP contribution in [-0.2, 0) is 15.7 Å². The van der Waals surface area contributed by atoms with Crippen LogP contribution in [0, 0.1) is 0 Å². The summed E-state index contributed by atoms with van der Waals surface area (Å²) in [6.45, 7) is 2.54. The van der Waals surface area contributed by atoms with E-state index in [1.165, 1.54) is 0 Å². The Morgan fingerprint density at radius 1 is 1.33 bits per heavy atom. The third-order valence-electron chi connectivity index (χ3n) is 4.56. The number of carbonyl (C=O) groups excluding carboxylic acids is 1. The Balaban J connectivity index is 1.71. The molecule has 0 bridgehead atoms. The van der Waals surface area contributed by atoms with Crippen molar-refractivity contribution in [3.05, 3.63) is 18.0 Å². The van der Waals surface area contributed by atoms with Crippen molar-refractivity contribution in [1.29, 1.82) is 0 Å². The van der Waals surface area contributed by atoms with Gasteiger partial charge < -0.3 is 14.5 Å². The molecule has 1 amide bonds. The van der Waals surface area contributed by atoms with Crippen LogP contribution >= 0.6 is 0 Å². The molecular weight excluding hydrogens is 325 g/mol. The third kappa shape index (κ3) is 3.56. The highest BCUT2D eigenvalue weighted by Crippen LogP contribution is 2.33. The van der Waals surface area contributed by atoms with Crippen molar-refractivity contribution < 1.29 is 22.7 Å². The van der Waals surface area contributed by atoms with E-state index >= 15 is 0 Å². The van der Waals surface area contributed by atoms with Crippen molar-refractivity contribution in [3.8, 4) is 0 Å². The van der Waals surface area contributed by atoms with E-state index in [2.05, 4.69) is 5.10 Å². The number of halogens is 3. The molecule has 0 aromatic carbocycles. The molecule has 3 heterocycles. The number of hydrogen-bond donors (Lipinski definition) is 0. The summed E-state index contributed by atoms with van der Waals surface area (Å²) in [5.41, 5.74) is -0.768. The van der Waals surface area contributed by atoms with Crippen molar-refractivity contribution >= 4 is 5.91 Å². The summed E-state index contributed by atoms with van der Waals surface area (Å²) >= 11 is 0. The quantitative estimate of drug-likeness (QED) is 0.812. The van der Waals surface area contributed by atoms with Gasteiger partial charge >= 0.3 is 6.18 Å². The van der Waals surface area contributed by atoms with Crippen molar-refractivity contribution in [2.75, 3.05) is 39.8 Å². The zero-order valence-electron chi connectivity index (χ0n) is 13.5. The predicted molar refractivity (Wildman–Crippen MR) is 79.3 cm³/mol. The lowest BCUT2D eigenvalue weighted by Gasteiger charge is -2.37. The van der Waals surface area contributed by atoms with Crippen molar-refractivity contribution in [2.45, 2.75) is 31.2 Å². The van der Waals surface area contributed by atoms with Gasteiger partial charge in [-0.2, -0.15) is 18.3 Å². The lowest BCUT2D eigenvalue weighted by atomic mass is 10.0. The molecule has 2 aliphatic heterocycles. The highest BCUT2D eigenvalue weighted by Gasteiger charge is 2.38. The number of alkyl halides is 3. The molecule has 134 valence electrons. The Morgan fingerprint density at radius 2 is 2.12 bits per heavy atom. The average Bonchev–Trinajstić information content (AvgIpc) is 3.04. The molecular formula is C15H21F3N4O2. The van der Waals surface area contributed by atoms with Gasteiger partial charge in [0.1, 0.15) is 11.8 Å². The van der Waals surface area contributed by atoms with Crippen LogP contribution in [0.25, 0.3) is 0 Å². The van der Waals surface area contributed by atoms with Gasteiger partial charge in [0.05, 0.1) is 12.6 Å². The maximum atomic E-state index is 13.1. The third-order valence-corrected chi connectivity index (χ3v) is 4.56. The van der Waals surface area contributed by atoms with E-state index < -0.39 is 24.0 Å². The van der Waals surface area contributed by atoms with Crippen LogP contribution in [0.1, 0.15) is 24.6 Å². The van der Waals surface area contributed by atoms with Crippen LogP contribution in [0.5, 0.6) is 0 Å². The zero-order valence-corrected chi connectivity index (χ0v) is 13.5. The summed E-state index contributed by atoms with van der Waals surface area (Å²) in [6, 6.07) is 0.510. The number of ether oxygens (including phenoxy) is 1. The minimum Gasteiger partial charge on any atom is -0.366 e. The van der Waals surface area contributed by atoms with Gasteiger partial charge in [0, 0.05) is 32.4 Å². The molecule has 1 aromatic rings. The monoisotopic (exact) mass is 346 g/mol. The van der Waals surface area contributed by atoms with E-state index in [4.69, 9.17) is 4.74 Å². The van der Waals surface area contributed by atoms with Gasteiger partial charge in [-0.25, -0.2) is 0 Å². The fourth-order valence-electron chi connectivity index (χ4n) is 3.32. The number of carbonyl (C=O) groups is 1. The molecule has 0 unspecified atom stereocenters. The van der Waals surface area contributed by atoms with Crippen LogP contribution in [0.3, 0.4) is 0 Å². The van der Waals surface area contributed by atoms with Crippen LogP contribution < -0.4 is 0 Å². The molecule has 0 spiro atoms. The van der Waals surface area contributed by atoms with Crippen molar-refractivity contribution in [3.63, 3.8) is 0 Å².